The number of carbonyl (C=O) groups is 2. The van der Waals surface area contributed by atoms with Crippen LogP contribution in [0.4, 0.5) is 18.9 Å². The van der Waals surface area contributed by atoms with Crippen LogP contribution in [0.1, 0.15) is 39.0 Å². The largest absolute Gasteiger partial charge is 0.435 e. The van der Waals surface area contributed by atoms with Gasteiger partial charge in [0.15, 0.2) is 11.5 Å². The van der Waals surface area contributed by atoms with Crippen molar-refractivity contribution >= 4 is 51.7 Å². The lowest BCUT2D eigenvalue weighted by atomic mass is 10.1. The predicted octanol–water partition coefficient (Wildman–Crippen LogP) is 5.01. The summed E-state index contributed by atoms with van der Waals surface area (Å²) in [5.41, 5.74) is -0.855. The highest BCUT2D eigenvalue weighted by atomic mass is 127. The minimum Gasteiger partial charge on any atom is -0.341 e. The molecule has 1 atom stereocenters. The Morgan fingerprint density at radius 2 is 1.91 bits per heavy atom. The first-order valence-corrected chi connectivity index (χ1v) is 10.8. The van der Waals surface area contributed by atoms with Gasteiger partial charge in [-0.2, -0.15) is 18.3 Å². The highest BCUT2D eigenvalue weighted by molar-refractivity contribution is 14.1. The molecule has 3 rings (SSSR count). The number of para-hydroxylation sites is 1. The van der Waals surface area contributed by atoms with Crippen LogP contribution in [0.3, 0.4) is 0 Å². The van der Waals surface area contributed by atoms with Gasteiger partial charge in [-0.05, 0) is 37.6 Å². The van der Waals surface area contributed by atoms with Crippen LogP contribution in [0.15, 0.2) is 42.6 Å². The van der Waals surface area contributed by atoms with Gasteiger partial charge < -0.3 is 10.6 Å². The summed E-state index contributed by atoms with van der Waals surface area (Å²) in [5, 5.41) is 8.76. The van der Waals surface area contributed by atoms with E-state index in [4.69, 9.17) is 11.6 Å². The first kappa shape index (κ1) is 24.0. The normalized spacial score (nSPS) is 12.3. The van der Waals surface area contributed by atoms with E-state index in [1.54, 1.807) is 26.0 Å². The number of pyridine rings is 1. The van der Waals surface area contributed by atoms with Crippen LogP contribution < -0.4 is 10.6 Å². The summed E-state index contributed by atoms with van der Waals surface area (Å²) < 4.78 is 40.5. The molecule has 0 saturated carbocycles. The SMILES string of the molecule is Cc1cccc(C(=O)NC(C)I)c1NC(=O)c1cc(C(F)(F)F)nn1-c1ncccc1Cl. The number of halogens is 5. The van der Waals surface area contributed by atoms with E-state index in [0.29, 0.717) is 11.6 Å². The van der Waals surface area contributed by atoms with Crippen molar-refractivity contribution in [1.29, 1.82) is 0 Å². The smallest absolute Gasteiger partial charge is 0.341 e. The van der Waals surface area contributed by atoms with Gasteiger partial charge in [0.25, 0.3) is 11.8 Å². The number of rotatable bonds is 5. The van der Waals surface area contributed by atoms with Crippen molar-refractivity contribution in [2.45, 2.75) is 24.1 Å². The Bertz CT molecular complexity index is 1180. The summed E-state index contributed by atoms with van der Waals surface area (Å²) in [5.74, 6) is -1.50. The average molecular weight is 578 g/mol. The third kappa shape index (κ3) is 5.21. The van der Waals surface area contributed by atoms with Crippen molar-refractivity contribution in [3.05, 3.63) is 70.1 Å². The maximum atomic E-state index is 13.3. The number of benzene rings is 1. The van der Waals surface area contributed by atoms with Crippen molar-refractivity contribution in [2.24, 2.45) is 0 Å². The van der Waals surface area contributed by atoms with Gasteiger partial charge in [-0.25, -0.2) is 9.67 Å². The van der Waals surface area contributed by atoms with Gasteiger partial charge in [0.05, 0.1) is 20.3 Å². The minimum atomic E-state index is -4.80. The molecule has 0 spiro atoms. The first-order valence-electron chi connectivity index (χ1n) is 9.13. The molecule has 0 saturated heterocycles. The third-order valence-electron chi connectivity index (χ3n) is 4.26. The van der Waals surface area contributed by atoms with Gasteiger partial charge in [0, 0.05) is 12.3 Å². The number of anilines is 1. The van der Waals surface area contributed by atoms with Gasteiger partial charge in [0.2, 0.25) is 0 Å². The van der Waals surface area contributed by atoms with Crippen molar-refractivity contribution in [3.8, 4) is 5.82 Å². The summed E-state index contributed by atoms with van der Waals surface area (Å²) in [6.07, 6.45) is -3.49. The van der Waals surface area contributed by atoms with Crippen molar-refractivity contribution in [2.75, 3.05) is 5.32 Å². The molecule has 2 N–H and O–H groups in total. The topological polar surface area (TPSA) is 88.9 Å². The first-order chi connectivity index (χ1) is 15.0. The van der Waals surface area contributed by atoms with E-state index >= 15 is 0 Å². The molecule has 168 valence electrons. The molecule has 0 bridgehead atoms. The molecule has 1 unspecified atom stereocenters. The Balaban J connectivity index is 2.07. The molecule has 0 aliphatic carbocycles. The molecule has 32 heavy (non-hydrogen) atoms. The fraction of sp³-hybridized carbons (Fsp3) is 0.200. The summed E-state index contributed by atoms with van der Waals surface area (Å²) >= 11 is 8.08. The summed E-state index contributed by atoms with van der Waals surface area (Å²) in [6.45, 7) is 3.42. The number of hydrogen-bond acceptors (Lipinski definition) is 4. The molecular formula is C20H16ClF3IN5O2. The highest BCUT2D eigenvalue weighted by Crippen LogP contribution is 2.31. The zero-order valence-electron chi connectivity index (χ0n) is 16.7. The molecular weight excluding hydrogens is 562 g/mol. The quantitative estimate of drug-likeness (QED) is 0.254. The molecule has 1 aromatic carbocycles. The van der Waals surface area contributed by atoms with E-state index in [-0.39, 0.29) is 26.1 Å². The van der Waals surface area contributed by atoms with Gasteiger partial charge >= 0.3 is 6.18 Å². The van der Waals surface area contributed by atoms with Crippen LogP contribution in [-0.4, -0.2) is 30.6 Å². The van der Waals surface area contributed by atoms with Crippen molar-refractivity contribution in [1.82, 2.24) is 20.1 Å². The predicted molar refractivity (Wildman–Crippen MR) is 121 cm³/mol. The average Bonchev–Trinajstić information content (AvgIpc) is 3.15. The van der Waals surface area contributed by atoms with Crippen LogP contribution >= 0.6 is 34.2 Å². The molecule has 2 heterocycles. The van der Waals surface area contributed by atoms with Crippen LogP contribution in [0.2, 0.25) is 5.02 Å². The zero-order valence-corrected chi connectivity index (χ0v) is 19.6. The fourth-order valence-corrected chi connectivity index (χ4v) is 3.32. The maximum absolute atomic E-state index is 13.3. The Kier molecular flexibility index (Phi) is 7.08. The molecule has 3 aromatic rings. The van der Waals surface area contributed by atoms with Gasteiger partial charge in [-0.15, -0.1) is 0 Å². The molecule has 0 fully saturated rings. The zero-order chi connectivity index (χ0) is 23.6. The molecule has 0 aliphatic heterocycles. The van der Waals surface area contributed by atoms with E-state index in [2.05, 4.69) is 20.7 Å². The van der Waals surface area contributed by atoms with E-state index in [9.17, 15) is 22.8 Å². The maximum Gasteiger partial charge on any atom is 0.435 e. The molecule has 12 heteroatoms. The van der Waals surface area contributed by atoms with Crippen molar-refractivity contribution in [3.63, 3.8) is 0 Å². The number of hydrogen-bond donors (Lipinski definition) is 2. The number of aromatic nitrogens is 3. The number of alkyl halides is 4. The van der Waals surface area contributed by atoms with Crippen LogP contribution in [0, 0.1) is 6.92 Å². The minimum absolute atomic E-state index is 0.00497. The molecule has 2 amide bonds. The summed E-state index contributed by atoms with van der Waals surface area (Å²) in [7, 11) is 0. The Morgan fingerprint density at radius 1 is 1.19 bits per heavy atom. The van der Waals surface area contributed by atoms with Gasteiger partial charge in [0.1, 0.15) is 5.69 Å². The standard InChI is InChI=1S/C20H16ClF3IN5O2/c1-10-5-3-6-12(18(31)27-11(2)25)16(10)28-19(32)14-9-15(20(22,23)24)29-30(14)17-13(21)7-4-8-26-17/h3-9,11H,1-2H3,(H,27,31)(H,28,32). The van der Waals surface area contributed by atoms with Crippen LogP contribution in [0.25, 0.3) is 5.82 Å². The van der Waals surface area contributed by atoms with E-state index in [0.717, 1.165) is 4.68 Å². The molecule has 2 aromatic heterocycles. The van der Waals surface area contributed by atoms with E-state index in [1.165, 1.54) is 24.4 Å². The number of carbonyl (C=O) groups excluding carboxylic acids is 2. The number of nitrogens with zero attached hydrogens (tertiary/aromatic N) is 3. The number of amides is 2. The second kappa shape index (κ2) is 9.45. The lowest BCUT2D eigenvalue weighted by Crippen LogP contribution is -2.29. The second-order valence-electron chi connectivity index (χ2n) is 6.67. The second-order valence-corrected chi connectivity index (χ2v) is 8.95. The van der Waals surface area contributed by atoms with Gasteiger partial charge in [-0.1, -0.05) is 46.3 Å². The Hall–Kier alpha value is -2.67. The fourth-order valence-electron chi connectivity index (χ4n) is 2.83. The Labute approximate surface area is 199 Å². The summed E-state index contributed by atoms with van der Waals surface area (Å²) in [6, 6.07) is 8.31. The number of aryl methyl sites for hydroxylation is 1. The summed E-state index contributed by atoms with van der Waals surface area (Å²) in [4.78, 5) is 29.6. The molecule has 0 aliphatic rings. The number of nitrogens with one attached hydrogen (secondary N) is 2. The van der Waals surface area contributed by atoms with E-state index < -0.39 is 29.4 Å². The van der Waals surface area contributed by atoms with Crippen LogP contribution in [-0.2, 0) is 6.18 Å². The highest BCUT2D eigenvalue weighted by Gasteiger charge is 2.36. The van der Waals surface area contributed by atoms with Gasteiger partial charge in [-0.3, -0.25) is 9.59 Å². The van der Waals surface area contributed by atoms with Crippen molar-refractivity contribution < 1.29 is 22.8 Å². The van der Waals surface area contributed by atoms with Crippen LogP contribution in [0.5, 0.6) is 0 Å². The van der Waals surface area contributed by atoms with E-state index in [1.807, 2.05) is 22.6 Å². The Morgan fingerprint density at radius 3 is 2.53 bits per heavy atom. The lowest BCUT2D eigenvalue weighted by Gasteiger charge is -2.15. The third-order valence-corrected chi connectivity index (χ3v) is 4.86. The molecule has 0 radical (unpaired) electrons. The monoisotopic (exact) mass is 577 g/mol. The lowest BCUT2D eigenvalue weighted by molar-refractivity contribution is -0.141. The molecule has 7 nitrogen and oxygen atoms in total.